The van der Waals surface area contributed by atoms with Crippen molar-refractivity contribution >= 4 is 5.91 Å². The maximum absolute atomic E-state index is 12.4. The SMILES string of the molecule is CCCC1(C(=O)NC2CCCOC2)CCNC1. The second-order valence-corrected chi connectivity index (χ2v) is 5.34. The number of rotatable bonds is 4. The van der Waals surface area contributed by atoms with Crippen LogP contribution in [0.1, 0.15) is 39.0 Å². The lowest BCUT2D eigenvalue weighted by Crippen LogP contribution is -2.49. The molecule has 0 bridgehead atoms. The van der Waals surface area contributed by atoms with Gasteiger partial charge in [-0.1, -0.05) is 13.3 Å². The highest BCUT2D eigenvalue weighted by Crippen LogP contribution is 2.31. The molecule has 4 heteroatoms. The van der Waals surface area contributed by atoms with Crippen molar-refractivity contribution in [1.82, 2.24) is 10.6 Å². The quantitative estimate of drug-likeness (QED) is 0.772. The van der Waals surface area contributed by atoms with Crippen molar-refractivity contribution in [2.24, 2.45) is 5.41 Å². The fraction of sp³-hybridized carbons (Fsp3) is 0.923. The Hall–Kier alpha value is -0.610. The van der Waals surface area contributed by atoms with Gasteiger partial charge in [-0.3, -0.25) is 4.79 Å². The van der Waals surface area contributed by atoms with Crippen LogP contribution in [0.3, 0.4) is 0 Å². The van der Waals surface area contributed by atoms with Gasteiger partial charge in [-0.15, -0.1) is 0 Å². The predicted octanol–water partition coefficient (Wildman–Crippen LogP) is 1.06. The van der Waals surface area contributed by atoms with Crippen molar-refractivity contribution in [3.63, 3.8) is 0 Å². The van der Waals surface area contributed by atoms with Gasteiger partial charge in [0.05, 0.1) is 18.1 Å². The smallest absolute Gasteiger partial charge is 0.227 e. The topological polar surface area (TPSA) is 50.4 Å². The van der Waals surface area contributed by atoms with E-state index in [1.165, 1.54) is 0 Å². The van der Waals surface area contributed by atoms with Gasteiger partial charge in [-0.2, -0.15) is 0 Å². The third-order valence-electron chi connectivity index (χ3n) is 3.95. The standard InChI is InChI=1S/C13H24N2O2/c1-2-5-13(6-7-14-10-13)12(16)15-11-4-3-8-17-9-11/h11,14H,2-10H2,1H3,(H,15,16). The van der Waals surface area contributed by atoms with E-state index >= 15 is 0 Å². The van der Waals surface area contributed by atoms with Crippen LogP contribution in [-0.2, 0) is 9.53 Å². The van der Waals surface area contributed by atoms with E-state index in [0.29, 0.717) is 6.61 Å². The van der Waals surface area contributed by atoms with Crippen molar-refractivity contribution in [2.75, 3.05) is 26.3 Å². The molecular weight excluding hydrogens is 216 g/mol. The maximum Gasteiger partial charge on any atom is 0.227 e. The van der Waals surface area contributed by atoms with Crippen molar-refractivity contribution < 1.29 is 9.53 Å². The van der Waals surface area contributed by atoms with E-state index in [2.05, 4.69) is 17.6 Å². The lowest BCUT2D eigenvalue weighted by molar-refractivity contribution is -0.132. The first-order chi connectivity index (χ1) is 8.27. The summed E-state index contributed by atoms with van der Waals surface area (Å²) >= 11 is 0. The summed E-state index contributed by atoms with van der Waals surface area (Å²) in [5, 5.41) is 6.51. The lowest BCUT2D eigenvalue weighted by Gasteiger charge is -2.31. The zero-order chi connectivity index (χ0) is 12.1. The summed E-state index contributed by atoms with van der Waals surface area (Å²) in [5.41, 5.74) is -0.161. The van der Waals surface area contributed by atoms with Crippen LogP contribution >= 0.6 is 0 Å². The first-order valence-electron chi connectivity index (χ1n) is 6.86. The molecule has 2 saturated heterocycles. The largest absolute Gasteiger partial charge is 0.379 e. The van der Waals surface area contributed by atoms with E-state index in [4.69, 9.17) is 4.74 Å². The van der Waals surface area contributed by atoms with Gasteiger partial charge in [-0.25, -0.2) is 0 Å². The monoisotopic (exact) mass is 240 g/mol. The highest BCUT2D eigenvalue weighted by Gasteiger charge is 2.40. The molecule has 2 heterocycles. The summed E-state index contributed by atoms with van der Waals surface area (Å²) in [5.74, 6) is 0.236. The van der Waals surface area contributed by atoms with Gasteiger partial charge in [0.1, 0.15) is 0 Å². The average molecular weight is 240 g/mol. The summed E-state index contributed by atoms with van der Waals surface area (Å²) < 4.78 is 5.41. The molecule has 0 aliphatic carbocycles. The van der Waals surface area contributed by atoms with Crippen LogP contribution in [0.2, 0.25) is 0 Å². The Morgan fingerprint density at radius 2 is 2.47 bits per heavy atom. The Labute approximate surface area is 103 Å². The molecule has 2 aliphatic rings. The minimum Gasteiger partial charge on any atom is -0.379 e. The number of ether oxygens (including phenoxy) is 1. The molecule has 2 N–H and O–H groups in total. The zero-order valence-electron chi connectivity index (χ0n) is 10.8. The first kappa shape index (κ1) is 12.8. The van der Waals surface area contributed by atoms with Crippen LogP contribution in [0.15, 0.2) is 0 Å². The minimum atomic E-state index is -0.161. The molecule has 2 rings (SSSR count). The molecule has 2 unspecified atom stereocenters. The summed E-state index contributed by atoms with van der Waals surface area (Å²) in [7, 11) is 0. The van der Waals surface area contributed by atoms with Crippen LogP contribution in [0.25, 0.3) is 0 Å². The van der Waals surface area contributed by atoms with E-state index < -0.39 is 0 Å². The molecule has 0 aromatic heterocycles. The van der Waals surface area contributed by atoms with Crippen LogP contribution in [0, 0.1) is 5.41 Å². The zero-order valence-corrected chi connectivity index (χ0v) is 10.8. The van der Waals surface area contributed by atoms with Crippen molar-refractivity contribution in [2.45, 2.75) is 45.1 Å². The highest BCUT2D eigenvalue weighted by atomic mass is 16.5. The summed E-state index contributed by atoms with van der Waals surface area (Å²) in [4.78, 5) is 12.4. The number of nitrogens with one attached hydrogen (secondary N) is 2. The molecule has 0 spiro atoms. The second kappa shape index (κ2) is 5.83. The molecule has 4 nitrogen and oxygen atoms in total. The number of hydrogen-bond acceptors (Lipinski definition) is 3. The fourth-order valence-electron chi connectivity index (χ4n) is 2.94. The Morgan fingerprint density at radius 1 is 1.59 bits per heavy atom. The fourth-order valence-corrected chi connectivity index (χ4v) is 2.94. The van der Waals surface area contributed by atoms with E-state index in [9.17, 15) is 4.79 Å². The molecule has 0 aromatic rings. The van der Waals surface area contributed by atoms with Gasteiger partial charge >= 0.3 is 0 Å². The van der Waals surface area contributed by atoms with Crippen LogP contribution in [-0.4, -0.2) is 38.3 Å². The van der Waals surface area contributed by atoms with E-state index in [1.807, 2.05) is 0 Å². The molecular formula is C13H24N2O2. The summed E-state index contributed by atoms with van der Waals surface area (Å²) in [6.07, 6.45) is 5.14. The number of carbonyl (C=O) groups is 1. The Morgan fingerprint density at radius 3 is 3.06 bits per heavy atom. The van der Waals surface area contributed by atoms with Crippen molar-refractivity contribution in [3.8, 4) is 0 Å². The molecule has 2 atom stereocenters. The maximum atomic E-state index is 12.4. The van der Waals surface area contributed by atoms with Crippen LogP contribution < -0.4 is 10.6 Å². The molecule has 0 aromatic carbocycles. The van der Waals surface area contributed by atoms with E-state index in [1.54, 1.807) is 0 Å². The molecule has 0 saturated carbocycles. The van der Waals surface area contributed by atoms with Crippen molar-refractivity contribution in [3.05, 3.63) is 0 Å². The van der Waals surface area contributed by atoms with Gasteiger partial charge in [0.25, 0.3) is 0 Å². The summed E-state index contributed by atoms with van der Waals surface area (Å²) in [6, 6.07) is 0.227. The Kier molecular flexibility index (Phi) is 4.40. The number of hydrogen-bond donors (Lipinski definition) is 2. The number of carbonyl (C=O) groups excluding carboxylic acids is 1. The third-order valence-corrected chi connectivity index (χ3v) is 3.95. The van der Waals surface area contributed by atoms with Gasteiger partial charge in [0.15, 0.2) is 0 Å². The molecule has 0 radical (unpaired) electrons. The van der Waals surface area contributed by atoms with Crippen molar-refractivity contribution in [1.29, 1.82) is 0 Å². The highest BCUT2D eigenvalue weighted by molar-refractivity contribution is 5.83. The molecule has 2 fully saturated rings. The Balaban J connectivity index is 1.91. The van der Waals surface area contributed by atoms with Gasteiger partial charge in [-0.05, 0) is 32.2 Å². The van der Waals surface area contributed by atoms with Gasteiger partial charge in [0.2, 0.25) is 5.91 Å². The number of amides is 1. The second-order valence-electron chi connectivity index (χ2n) is 5.34. The van der Waals surface area contributed by atoms with E-state index in [-0.39, 0.29) is 17.4 Å². The lowest BCUT2D eigenvalue weighted by atomic mass is 9.81. The summed E-state index contributed by atoms with van der Waals surface area (Å²) in [6.45, 7) is 5.47. The van der Waals surface area contributed by atoms with Gasteiger partial charge < -0.3 is 15.4 Å². The van der Waals surface area contributed by atoms with Crippen LogP contribution in [0.4, 0.5) is 0 Å². The average Bonchev–Trinajstić information content (AvgIpc) is 2.81. The normalized spacial score (nSPS) is 33.6. The predicted molar refractivity (Wildman–Crippen MR) is 66.8 cm³/mol. The molecule has 1 amide bonds. The minimum absolute atomic E-state index is 0.161. The Bertz CT molecular complexity index is 256. The molecule has 2 aliphatic heterocycles. The molecule has 17 heavy (non-hydrogen) atoms. The van der Waals surface area contributed by atoms with Crippen LogP contribution in [0.5, 0.6) is 0 Å². The molecule has 98 valence electrons. The van der Waals surface area contributed by atoms with Gasteiger partial charge in [0, 0.05) is 13.2 Å². The third kappa shape index (κ3) is 2.99. The first-order valence-corrected chi connectivity index (χ1v) is 6.86. The van der Waals surface area contributed by atoms with E-state index in [0.717, 1.165) is 51.8 Å².